The molecule has 9 heteroatoms. The molecule has 0 atom stereocenters. The molecule has 3 aromatic heterocycles. The fourth-order valence-electron chi connectivity index (χ4n) is 5.36. The van der Waals surface area contributed by atoms with Crippen molar-refractivity contribution in [3.05, 3.63) is 89.9 Å². The maximum Gasteiger partial charge on any atom is 0.324 e. The van der Waals surface area contributed by atoms with E-state index in [2.05, 4.69) is 45.6 Å². The highest BCUT2D eigenvalue weighted by Crippen LogP contribution is 2.42. The first-order valence-corrected chi connectivity index (χ1v) is 14.1. The fourth-order valence-corrected chi connectivity index (χ4v) is 6.36. The average Bonchev–Trinajstić information content (AvgIpc) is 3.61. The van der Waals surface area contributed by atoms with Gasteiger partial charge in [-0.2, -0.15) is 5.01 Å². The molecule has 1 saturated heterocycles. The third-order valence-corrected chi connectivity index (χ3v) is 8.41. The predicted octanol–water partition coefficient (Wildman–Crippen LogP) is 5.20. The number of fused-ring (bicyclic) bond motifs is 2. The summed E-state index contributed by atoms with van der Waals surface area (Å²) in [7, 11) is 0. The van der Waals surface area contributed by atoms with Crippen LogP contribution in [0.1, 0.15) is 24.1 Å². The SMILES string of the molecule is Nc1c(/C([O-])=N/c2c[n+](N3CCCCC3)no2)sc2nc(-c3cccc4ccccc34)cc(-c3ccccc3)c12. The minimum absolute atomic E-state index is 0.139. The number of anilines is 1. The lowest BCUT2D eigenvalue weighted by atomic mass is 9.97. The van der Waals surface area contributed by atoms with Gasteiger partial charge in [-0.15, -0.1) is 11.3 Å². The number of rotatable bonds is 5. The van der Waals surface area contributed by atoms with Crippen LogP contribution in [0.4, 0.5) is 11.6 Å². The third kappa shape index (κ3) is 4.34. The number of hydrogen-bond acceptors (Lipinski definition) is 8. The molecule has 0 saturated carbocycles. The first-order valence-electron chi connectivity index (χ1n) is 13.3. The van der Waals surface area contributed by atoms with E-state index in [1.54, 1.807) is 11.0 Å². The summed E-state index contributed by atoms with van der Waals surface area (Å²) >= 11 is 1.25. The van der Waals surface area contributed by atoms with Gasteiger partial charge in [0.15, 0.2) is 0 Å². The van der Waals surface area contributed by atoms with Gasteiger partial charge in [0.2, 0.25) is 5.27 Å². The number of thiophene rings is 1. The second-order valence-corrected chi connectivity index (χ2v) is 10.9. The molecule has 0 aliphatic carbocycles. The molecule has 1 aliphatic rings. The largest absolute Gasteiger partial charge is 0.857 e. The molecule has 2 N–H and O–H groups in total. The highest BCUT2D eigenvalue weighted by Gasteiger charge is 2.23. The van der Waals surface area contributed by atoms with Crippen LogP contribution in [0.15, 0.2) is 94.6 Å². The second kappa shape index (κ2) is 10.1. The molecule has 0 unspecified atom stereocenters. The predicted molar refractivity (Wildman–Crippen MR) is 157 cm³/mol. The van der Waals surface area contributed by atoms with Crippen molar-refractivity contribution in [1.82, 2.24) is 10.3 Å². The first kappa shape index (κ1) is 24.3. The van der Waals surface area contributed by atoms with Gasteiger partial charge in [0.25, 0.3) is 6.20 Å². The van der Waals surface area contributed by atoms with E-state index in [-0.39, 0.29) is 5.88 Å². The maximum absolute atomic E-state index is 13.4. The number of aliphatic imine (C=N–C) groups is 1. The smallest absolute Gasteiger partial charge is 0.324 e. The number of pyridine rings is 1. The van der Waals surface area contributed by atoms with Crippen molar-refractivity contribution in [3.63, 3.8) is 0 Å². The lowest BCUT2D eigenvalue weighted by Crippen LogP contribution is -2.60. The van der Waals surface area contributed by atoms with Gasteiger partial charge >= 0.3 is 5.88 Å². The summed E-state index contributed by atoms with van der Waals surface area (Å²) in [6.07, 6.45) is 5.04. The molecular weight excluding hydrogens is 520 g/mol. The Morgan fingerprint density at radius 3 is 2.58 bits per heavy atom. The van der Waals surface area contributed by atoms with Crippen LogP contribution in [0, 0.1) is 0 Å². The first-order chi connectivity index (χ1) is 19.7. The van der Waals surface area contributed by atoms with Crippen molar-refractivity contribution in [2.75, 3.05) is 23.8 Å². The molecule has 7 rings (SSSR count). The number of benzene rings is 3. The van der Waals surface area contributed by atoms with Gasteiger partial charge in [-0.3, -0.25) is 4.52 Å². The minimum Gasteiger partial charge on any atom is -0.857 e. The molecular formula is C31H26N6O2S. The molecule has 3 aromatic carbocycles. The zero-order valence-electron chi connectivity index (χ0n) is 21.7. The summed E-state index contributed by atoms with van der Waals surface area (Å²) in [5, 5.41) is 22.5. The van der Waals surface area contributed by atoms with Crippen LogP contribution in [-0.2, 0) is 0 Å². The molecule has 8 nitrogen and oxygen atoms in total. The van der Waals surface area contributed by atoms with Crippen molar-refractivity contribution in [1.29, 1.82) is 0 Å². The number of nitrogens with two attached hydrogens (primary N) is 1. The molecule has 40 heavy (non-hydrogen) atoms. The Kier molecular flexibility index (Phi) is 6.13. The summed E-state index contributed by atoms with van der Waals surface area (Å²) in [4.78, 5) is 11.9. The van der Waals surface area contributed by atoms with Crippen molar-refractivity contribution in [3.8, 4) is 22.4 Å². The third-order valence-electron chi connectivity index (χ3n) is 7.32. The summed E-state index contributed by atoms with van der Waals surface area (Å²) in [5.41, 5.74) is 10.8. The minimum atomic E-state index is -0.479. The quantitative estimate of drug-likeness (QED) is 0.181. The van der Waals surface area contributed by atoms with Gasteiger partial charge in [-0.1, -0.05) is 72.8 Å². The van der Waals surface area contributed by atoms with Crippen LogP contribution in [0.3, 0.4) is 0 Å². The van der Waals surface area contributed by atoms with Crippen LogP contribution in [0.5, 0.6) is 0 Å². The van der Waals surface area contributed by atoms with Gasteiger partial charge in [-0.25, -0.2) is 9.98 Å². The molecule has 0 radical (unpaired) electrons. The topological polar surface area (TPSA) is 107 Å². The van der Waals surface area contributed by atoms with Crippen LogP contribution >= 0.6 is 11.3 Å². The van der Waals surface area contributed by atoms with E-state index in [0.717, 1.165) is 64.5 Å². The maximum atomic E-state index is 13.4. The average molecular weight is 547 g/mol. The molecule has 198 valence electrons. The molecule has 1 fully saturated rings. The number of hydrogen-bond donors (Lipinski definition) is 1. The number of aromatic nitrogens is 3. The number of nitrogen functional groups attached to an aromatic ring is 1. The Labute approximate surface area is 234 Å². The van der Waals surface area contributed by atoms with Crippen molar-refractivity contribution in [2.24, 2.45) is 4.99 Å². The molecule has 0 amide bonds. The van der Waals surface area contributed by atoms with E-state index in [1.165, 1.54) is 17.8 Å². The van der Waals surface area contributed by atoms with Gasteiger partial charge in [0.1, 0.15) is 4.83 Å². The van der Waals surface area contributed by atoms with E-state index in [1.807, 2.05) is 48.5 Å². The van der Waals surface area contributed by atoms with Crippen molar-refractivity contribution in [2.45, 2.75) is 19.3 Å². The summed E-state index contributed by atoms with van der Waals surface area (Å²) < 4.78 is 5.37. The zero-order valence-corrected chi connectivity index (χ0v) is 22.5. The summed E-state index contributed by atoms with van der Waals surface area (Å²) in [6, 6.07) is 26.6. The van der Waals surface area contributed by atoms with Crippen LogP contribution in [-0.4, -0.2) is 29.2 Å². The Balaban J connectivity index is 1.36. The highest BCUT2D eigenvalue weighted by molar-refractivity contribution is 7.21. The van der Waals surface area contributed by atoms with E-state index in [4.69, 9.17) is 15.2 Å². The van der Waals surface area contributed by atoms with E-state index >= 15 is 0 Å². The molecule has 1 aliphatic heterocycles. The summed E-state index contributed by atoms with van der Waals surface area (Å²) in [6.45, 7) is 1.78. The van der Waals surface area contributed by atoms with E-state index < -0.39 is 5.90 Å². The molecule has 6 aromatic rings. The Bertz CT molecular complexity index is 1870. The standard InChI is InChI=1S/C31H26N6O2S/c32-28-27-24(21-10-3-1-4-11-21)18-25(23-15-9-13-20-12-5-6-14-22(20)23)33-31(27)40-29(28)30(38)34-26-19-37(35-39-26)36-16-7-2-8-17-36/h1,3-6,9-15,18-19H,2,7-8,16-17H2,(H2-,32,34,35,38). The zero-order chi connectivity index (χ0) is 27.1. The molecule has 0 bridgehead atoms. The van der Waals surface area contributed by atoms with Crippen LogP contribution in [0.2, 0.25) is 0 Å². The van der Waals surface area contributed by atoms with Crippen LogP contribution in [0.25, 0.3) is 43.4 Å². The van der Waals surface area contributed by atoms with Gasteiger partial charge in [-0.05, 0) is 47.2 Å². The monoisotopic (exact) mass is 546 g/mol. The second-order valence-electron chi connectivity index (χ2n) is 9.86. The van der Waals surface area contributed by atoms with E-state index in [0.29, 0.717) is 15.4 Å². The normalized spacial score (nSPS) is 14.3. The molecule has 4 heterocycles. The lowest BCUT2D eigenvalue weighted by Gasteiger charge is -2.17. The molecule has 0 spiro atoms. The lowest BCUT2D eigenvalue weighted by molar-refractivity contribution is -0.759. The van der Waals surface area contributed by atoms with E-state index in [9.17, 15) is 5.11 Å². The van der Waals surface area contributed by atoms with Crippen molar-refractivity contribution >= 4 is 49.8 Å². The Morgan fingerprint density at radius 2 is 1.73 bits per heavy atom. The highest BCUT2D eigenvalue weighted by atomic mass is 32.1. The Morgan fingerprint density at radius 1 is 0.950 bits per heavy atom. The summed E-state index contributed by atoms with van der Waals surface area (Å²) in [5.74, 6) is -0.340. The fraction of sp³-hybridized carbons (Fsp3) is 0.161. The van der Waals surface area contributed by atoms with Crippen LogP contribution < -0.4 is 20.6 Å². The van der Waals surface area contributed by atoms with Crippen molar-refractivity contribution < 1.29 is 14.4 Å². The van der Waals surface area contributed by atoms with Gasteiger partial charge in [0, 0.05) is 16.8 Å². The van der Waals surface area contributed by atoms with Gasteiger partial charge in [0.05, 0.1) is 34.1 Å². The number of nitrogens with zero attached hydrogens (tertiary/aromatic N) is 5. The Hall–Kier alpha value is -4.76. The number of piperidine rings is 1. The van der Waals surface area contributed by atoms with Gasteiger partial charge < -0.3 is 10.8 Å².